The van der Waals surface area contributed by atoms with E-state index in [1.807, 2.05) is 0 Å². The third-order valence-electron chi connectivity index (χ3n) is 6.48. The van der Waals surface area contributed by atoms with Crippen molar-refractivity contribution in [1.29, 1.82) is 0 Å². The number of halogens is 5. The summed E-state index contributed by atoms with van der Waals surface area (Å²) in [5.41, 5.74) is 3.34. The Hall–Kier alpha value is -2.79. The van der Waals surface area contributed by atoms with Crippen LogP contribution in [0, 0.1) is 5.92 Å². The number of hydrogen-bond donors (Lipinski definition) is 1. The summed E-state index contributed by atoms with van der Waals surface area (Å²) in [5.74, 6) is -4.22. The molecule has 7 nitrogen and oxygen atoms in total. The molecule has 4 aliphatic rings. The van der Waals surface area contributed by atoms with Crippen molar-refractivity contribution in [3.63, 3.8) is 0 Å². The number of rotatable bonds is 1. The SMILES string of the molecule is COC(=O)N1CCC2=C(C1)NN(C(=O)N1CCCC(C3=C(C(F)(F)F)CC(F)(F)C=C3)C1)C2. The number of nitrogens with one attached hydrogen (secondary N) is 1. The fourth-order valence-corrected chi connectivity index (χ4v) is 4.82. The van der Waals surface area contributed by atoms with Gasteiger partial charge in [-0.05, 0) is 36.5 Å². The Morgan fingerprint density at radius 2 is 1.94 bits per heavy atom. The third-order valence-corrected chi connectivity index (χ3v) is 6.48. The summed E-state index contributed by atoms with van der Waals surface area (Å²) >= 11 is 0. The van der Waals surface area contributed by atoms with E-state index in [2.05, 4.69) is 5.43 Å². The van der Waals surface area contributed by atoms with Crippen molar-refractivity contribution < 1.29 is 36.3 Å². The monoisotopic (exact) mass is 476 g/mol. The summed E-state index contributed by atoms with van der Waals surface area (Å²) in [4.78, 5) is 27.8. The molecule has 1 N–H and O–H groups in total. The van der Waals surface area contributed by atoms with Crippen LogP contribution in [0.5, 0.6) is 0 Å². The van der Waals surface area contributed by atoms with Gasteiger partial charge in [-0.2, -0.15) is 13.2 Å². The van der Waals surface area contributed by atoms with E-state index in [4.69, 9.17) is 4.74 Å². The second-order valence-corrected chi connectivity index (χ2v) is 8.69. The zero-order valence-corrected chi connectivity index (χ0v) is 18.1. The molecule has 1 aliphatic carbocycles. The van der Waals surface area contributed by atoms with E-state index >= 15 is 0 Å². The summed E-state index contributed by atoms with van der Waals surface area (Å²) in [5, 5.41) is 1.39. The Labute approximate surface area is 187 Å². The molecular weight excluding hydrogens is 451 g/mol. The van der Waals surface area contributed by atoms with E-state index in [-0.39, 0.29) is 18.7 Å². The number of ether oxygens (including phenoxy) is 1. The highest BCUT2D eigenvalue weighted by Crippen LogP contribution is 2.44. The standard InChI is InChI=1S/C21H25F5N4O3/c1-33-19(32)29-8-5-14-11-30(27-17(14)12-29)18(31)28-7-2-3-13(10-28)15-4-6-20(22,23)9-16(15)21(24,25)26/h4,6,13,27H,2-3,5,7-12H2,1H3. The molecule has 1 fully saturated rings. The molecule has 0 aromatic rings. The van der Waals surface area contributed by atoms with Crippen molar-refractivity contribution in [2.75, 3.05) is 39.8 Å². The molecule has 4 rings (SSSR count). The number of methoxy groups -OCH3 is 1. The van der Waals surface area contributed by atoms with Gasteiger partial charge < -0.3 is 14.5 Å². The molecule has 0 spiro atoms. The molecular formula is C21H25F5N4O3. The van der Waals surface area contributed by atoms with E-state index in [0.29, 0.717) is 45.0 Å². The van der Waals surface area contributed by atoms with Crippen LogP contribution in [0.2, 0.25) is 0 Å². The fourth-order valence-electron chi connectivity index (χ4n) is 4.82. The zero-order chi connectivity index (χ0) is 24.0. The van der Waals surface area contributed by atoms with Gasteiger partial charge in [0, 0.05) is 37.5 Å². The average Bonchev–Trinajstić information content (AvgIpc) is 3.20. The second kappa shape index (κ2) is 8.53. The number of urea groups is 1. The maximum atomic E-state index is 13.6. The molecule has 1 saturated heterocycles. The first-order chi connectivity index (χ1) is 15.5. The van der Waals surface area contributed by atoms with Crippen molar-refractivity contribution in [1.82, 2.24) is 20.2 Å². The van der Waals surface area contributed by atoms with Crippen LogP contribution in [0.1, 0.15) is 25.7 Å². The lowest BCUT2D eigenvalue weighted by molar-refractivity contribution is -0.104. The van der Waals surface area contributed by atoms with Gasteiger partial charge in [-0.15, -0.1) is 0 Å². The highest BCUT2D eigenvalue weighted by atomic mass is 19.4. The van der Waals surface area contributed by atoms with E-state index in [0.717, 1.165) is 17.3 Å². The summed E-state index contributed by atoms with van der Waals surface area (Å²) in [6, 6.07) is -0.391. The summed E-state index contributed by atoms with van der Waals surface area (Å²) < 4.78 is 72.5. The maximum absolute atomic E-state index is 13.6. The van der Waals surface area contributed by atoms with Gasteiger partial charge in [0.1, 0.15) is 0 Å². The van der Waals surface area contributed by atoms with Crippen molar-refractivity contribution in [3.05, 3.63) is 34.6 Å². The van der Waals surface area contributed by atoms with Crippen LogP contribution in [-0.2, 0) is 4.74 Å². The molecule has 0 bridgehead atoms. The quantitative estimate of drug-likeness (QED) is 0.585. The van der Waals surface area contributed by atoms with Gasteiger partial charge in [0.05, 0.1) is 25.9 Å². The minimum absolute atomic E-state index is 0.0147. The largest absolute Gasteiger partial charge is 0.453 e. The topological polar surface area (TPSA) is 65.1 Å². The van der Waals surface area contributed by atoms with Gasteiger partial charge >= 0.3 is 18.3 Å². The van der Waals surface area contributed by atoms with E-state index in [9.17, 15) is 31.5 Å². The van der Waals surface area contributed by atoms with Crippen LogP contribution in [0.4, 0.5) is 31.5 Å². The number of hydrogen-bond acceptors (Lipinski definition) is 4. The Balaban J connectivity index is 1.44. The number of piperidine rings is 1. The Bertz CT molecular complexity index is 927. The summed E-state index contributed by atoms with van der Waals surface area (Å²) in [6.45, 7) is 1.43. The number of nitrogens with zero attached hydrogens (tertiary/aromatic N) is 3. The Kier molecular flexibility index (Phi) is 6.04. The molecule has 0 radical (unpaired) electrons. The van der Waals surface area contributed by atoms with Crippen LogP contribution in [0.25, 0.3) is 0 Å². The molecule has 0 aromatic heterocycles. The lowest BCUT2D eigenvalue weighted by Crippen LogP contribution is -2.51. The molecule has 33 heavy (non-hydrogen) atoms. The first-order valence-corrected chi connectivity index (χ1v) is 10.7. The zero-order valence-electron chi connectivity index (χ0n) is 18.1. The number of carbonyl (C=O) groups excluding carboxylic acids is 2. The van der Waals surface area contributed by atoms with Crippen LogP contribution >= 0.6 is 0 Å². The van der Waals surface area contributed by atoms with Crippen LogP contribution in [-0.4, -0.2) is 78.9 Å². The molecule has 1 atom stereocenters. The molecule has 3 aliphatic heterocycles. The molecule has 182 valence electrons. The van der Waals surface area contributed by atoms with Gasteiger partial charge in [-0.25, -0.2) is 23.4 Å². The predicted octanol–water partition coefficient (Wildman–Crippen LogP) is 3.82. The van der Waals surface area contributed by atoms with E-state index in [1.54, 1.807) is 0 Å². The van der Waals surface area contributed by atoms with E-state index in [1.165, 1.54) is 21.9 Å². The highest BCUT2D eigenvalue weighted by Gasteiger charge is 2.46. The summed E-state index contributed by atoms with van der Waals surface area (Å²) in [7, 11) is 1.29. The second-order valence-electron chi connectivity index (χ2n) is 8.69. The van der Waals surface area contributed by atoms with Crippen LogP contribution in [0.3, 0.4) is 0 Å². The van der Waals surface area contributed by atoms with E-state index < -0.39 is 42.1 Å². The van der Waals surface area contributed by atoms with Gasteiger partial charge in [0.15, 0.2) is 0 Å². The lowest BCUT2D eigenvalue weighted by atomic mass is 9.82. The normalized spacial score (nSPS) is 25.3. The molecule has 0 saturated carbocycles. The number of alkyl halides is 5. The third kappa shape index (κ3) is 4.79. The number of amides is 3. The number of hydrazine groups is 1. The first-order valence-electron chi connectivity index (χ1n) is 10.7. The maximum Gasteiger partial charge on any atom is 0.413 e. The predicted molar refractivity (Wildman–Crippen MR) is 107 cm³/mol. The Morgan fingerprint density at radius 3 is 2.64 bits per heavy atom. The first kappa shape index (κ1) is 23.4. The van der Waals surface area contributed by atoms with Crippen molar-refractivity contribution in [2.24, 2.45) is 5.92 Å². The number of allylic oxidation sites excluding steroid dienone is 3. The molecule has 3 heterocycles. The minimum atomic E-state index is -4.86. The lowest BCUT2D eigenvalue weighted by Gasteiger charge is -2.37. The highest BCUT2D eigenvalue weighted by molar-refractivity contribution is 5.75. The van der Waals surface area contributed by atoms with Crippen molar-refractivity contribution in [2.45, 2.75) is 37.8 Å². The Morgan fingerprint density at radius 1 is 1.18 bits per heavy atom. The van der Waals surface area contributed by atoms with Gasteiger partial charge in [-0.1, -0.05) is 6.08 Å². The van der Waals surface area contributed by atoms with Gasteiger partial charge in [0.2, 0.25) is 0 Å². The summed E-state index contributed by atoms with van der Waals surface area (Å²) in [6.07, 6.45) is -3.89. The smallest absolute Gasteiger partial charge is 0.413 e. The van der Waals surface area contributed by atoms with Gasteiger partial charge in [-0.3, -0.25) is 5.43 Å². The minimum Gasteiger partial charge on any atom is -0.453 e. The molecule has 12 heteroatoms. The molecule has 0 aromatic carbocycles. The number of likely N-dealkylation sites (tertiary alicyclic amines) is 1. The van der Waals surface area contributed by atoms with Crippen molar-refractivity contribution in [3.8, 4) is 0 Å². The fraction of sp³-hybridized carbons (Fsp3) is 0.619. The molecule has 1 unspecified atom stereocenters. The average molecular weight is 476 g/mol. The van der Waals surface area contributed by atoms with Crippen LogP contribution < -0.4 is 5.43 Å². The van der Waals surface area contributed by atoms with Crippen molar-refractivity contribution >= 4 is 12.1 Å². The van der Waals surface area contributed by atoms with Crippen LogP contribution in [0.15, 0.2) is 34.6 Å². The number of carbonyl (C=O) groups is 2. The molecule has 3 amide bonds. The van der Waals surface area contributed by atoms with Gasteiger partial charge in [0.25, 0.3) is 5.92 Å².